The van der Waals surface area contributed by atoms with Gasteiger partial charge < -0.3 is 10.6 Å². The summed E-state index contributed by atoms with van der Waals surface area (Å²) in [6.45, 7) is 0.530. The molecule has 4 nitrogen and oxygen atoms in total. The third-order valence-electron chi connectivity index (χ3n) is 2.05. The van der Waals surface area contributed by atoms with E-state index in [-0.39, 0.29) is 5.91 Å². The van der Waals surface area contributed by atoms with Crippen molar-refractivity contribution in [2.24, 2.45) is 0 Å². The van der Waals surface area contributed by atoms with Crippen molar-refractivity contribution in [2.45, 2.75) is 6.42 Å². The van der Waals surface area contributed by atoms with Crippen LogP contribution in [0.25, 0.3) is 0 Å². The van der Waals surface area contributed by atoms with Gasteiger partial charge in [-0.3, -0.25) is 4.79 Å². The number of nitriles is 1. The average Bonchev–Trinajstić information content (AvgIpc) is 2.29. The van der Waals surface area contributed by atoms with Crippen LogP contribution in [0.4, 0.5) is 5.69 Å². The first-order chi connectivity index (χ1) is 7.67. The molecule has 0 atom stereocenters. The molecule has 5 heteroatoms. The van der Waals surface area contributed by atoms with E-state index < -0.39 is 0 Å². The van der Waals surface area contributed by atoms with E-state index in [9.17, 15) is 4.79 Å². The lowest BCUT2D eigenvalue weighted by atomic mass is 10.2. The minimum Gasteiger partial charge on any atom is -0.384 e. The molecule has 0 aliphatic rings. The van der Waals surface area contributed by atoms with Gasteiger partial charge in [-0.1, -0.05) is 11.6 Å². The molecule has 0 spiro atoms. The smallest absolute Gasteiger partial charge is 0.221 e. The molecule has 0 heterocycles. The molecule has 1 aromatic rings. The Balaban J connectivity index is 2.53. The van der Waals surface area contributed by atoms with Gasteiger partial charge in [0.05, 0.1) is 10.6 Å². The topological polar surface area (TPSA) is 64.9 Å². The van der Waals surface area contributed by atoms with Crippen molar-refractivity contribution in [3.8, 4) is 6.07 Å². The van der Waals surface area contributed by atoms with Crippen LogP contribution in [-0.2, 0) is 4.79 Å². The van der Waals surface area contributed by atoms with Crippen LogP contribution >= 0.6 is 11.6 Å². The lowest BCUT2D eigenvalue weighted by Crippen LogP contribution is -2.20. The zero-order valence-electron chi connectivity index (χ0n) is 8.88. The Kier molecular flexibility index (Phi) is 4.62. The molecular formula is C11H12ClN3O. The lowest BCUT2D eigenvalue weighted by molar-refractivity contribution is -0.120. The lowest BCUT2D eigenvalue weighted by Gasteiger charge is -2.06. The molecule has 0 bridgehead atoms. The fraction of sp³-hybridized carbons (Fsp3) is 0.273. The first-order valence-corrected chi connectivity index (χ1v) is 5.19. The average molecular weight is 238 g/mol. The summed E-state index contributed by atoms with van der Waals surface area (Å²) < 4.78 is 0. The van der Waals surface area contributed by atoms with Gasteiger partial charge in [0.1, 0.15) is 6.07 Å². The number of carbonyl (C=O) groups excluding carboxylic acids is 1. The van der Waals surface area contributed by atoms with Gasteiger partial charge in [0.25, 0.3) is 0 Å². The summed E-state index contributed by atoms with van der Waals surface area (Å²) in [6, 6.07) is 7.05. The normalized spacial score (nSPS) is 9.31. The van der Waals surface area contributed by atoms with Gasteiger partial charge in [0, 0.05) is 25.7 Å². The molecule has 0 aromatic heterocycles. The van der Waals surface area contributed by atoms with Crippen LogP contribution in [0.3, 0.4) is 0 Å². The van der Waals surface area contributed by atoms with E-state index in [0.29, 0.717) is 23.6 Å². The molecule has 0 aliphatic heterocycles. The van der Waals surface area contributed by atoms with E-state index in [2.05, 4.69) is 10.6 Å². The van der Waals surface area contributed by atoms with Crippen LogP contribution in [-0.4, -0.2) is 19.5 Å². The van der Waals surface area contributed by atoms with E-state index in [0.717, 1.165) is 5.69 Å². The largest absolute Gasteiger partial charge is 0.384 e. The fourth-order valence-corrected chi connectivity index (χ4v) is 1.38. The second-order valence-corrected chi connectivity index (χ2v) is 3.56. The van der Waals surface area contributed by atoms with Gasteiger partial charge in [-0.25, -0.2) is 0 Å². The van der Waals surface area contributed by atoms with Gasteiger partial charge in [-0.2, -0.15) is 5.26 Å². The molecule has 0 unspecified atom stereocenters. The molecule has 0 saturated carbocycles. The van der Waals surface area contributed by atoms with Crippen molar-refractivity contribution in [1.29, 1.82) is 5.26 Å². The predicted molar refractivity (Wildman–Crippen MR) is 63.3 cm³/mol. The van der Waals surface area contributed by atoms with Gasteiger partial charge in [0.15, 0.2) is 0 Å². The monoisotopic (exact) mass is 237 g/mol. The first kappa shape index (κ1) is 12.3. The summed E-state index contributed by atoms with van der Waals surface area (Å²) in [4.78, 5) is 10.9. The van der Waals surface area contributed by atoms with Crippen molar-refractivity contribution in [3.63, 3.8) is 0 Å². The number of hydrogen-bond acceptors (Lipinski definition) is 3. The molecule has 0 saturated heterocycles. The maximum absolute atomic E-state index is 10.9. The molecule has 1 rings (SSSR count). The molecule has 1 amide bonds. The molecule has 16 heavy (non-hydrogen) atoms. The van der Waals surface area contributed by atoms with E-state index in [4.69, 9.17) is 16.9 Å². The highest BCUT2D eigenvalue weighted by Crippen LogP contribution is 2.19. The Bertz CT molecular complexity index is 426. The second-order valence-electron chi connectivity index (χ2n) is 3.16. The number of rotatable bonds is 4. The van der Waals surface area contributed by atoms with Crippen LogP contribution in [0, 0.1) is 11.3 Å². The van der Waals surface area contributed by atoms with Crippen LogP contribution in [0.15, 0.2) is 18.2 Å². The number of anilines is 1. The molecule has 1 aromatic carbocycles. The van der Waals surface area contributed by atoms with Crippen molar-refractivity contribution in [2.75, 3.05) is 18.9 Å². The van der Waals surface area contributed by atoms with E-state index in [1.54, 1.807) is 25.2 Å². The zero-order valence-corrected chi connectivity index (χ0v) is 9.64. The summed E-state index contributed by atoms with van der Waals surface area (Å²) >= 11 is 5.86. The maximum atomic E-state index is 10.9. The van der Waals surface area contributed by atoms with Gasteiger partial charge in [-0.05, 0) is 18.2 Å². The number of hydrogen-bond donors (Lipinski definition) is 2. The van der Waals surface area contributed by atoms with Crippen LogP contribution in [0.1, 0.15) is 12.0 Å². The summed E-state index contributed by atoms with van der Waals surface area (Å²) in [5.41, 5.74) is 1.24. The predicted octanol–water partition coefficient (Wildman–Crippen LogP) is 1.76. The van der Waals surface area contributed by atoms with E-state index >= 15 is 0 Å². The SMILES string of the molecule is CNC(=O)CCNc1ccc(C#N)c(Cl)c1. The van der Waals surface area contributed by atoms with E-state index in [1.165, 1.54) is 0 Å². The minimum atomic E-state index is -0.0211. The number of benzene rings is 1. The first-order valence-electron chi connectivity index (χ1n) is 4.81. The fourth-order valence-electron chi connectivity index (χ4n) is 1.16. The Morgan fingerprint density at radius 3 is 2.88 bits per heavy atom. The minimum absolute atomic E-state index is 0.0211. The van der Waals surface area contributed by atoms with E-state index in [1.807, 2.05) is 6.07 Å². The summed E-state index contributed by atoms with van der Waals surface area (Å²) in [6.07, 6.45) is 0.397. The van der Waals surface area contributed by atoms with Crippen LogP contribution in [0.2, 0.25) is 5.02 Å². The highest BCUT2D eigenvalue weighted by Gasteiger charge is 2.01. The van der Waals surface area contributed by atoms with Gasteiger partial charge >= 0.3 is 0 Å². The van der Waals surface area contributed by atoms with Crippen LogP contribution < -0.4 is 10.6 Å². The summed E-state index contributed by atoms with van der Waals surface area (Å²) in [5.74, 6) is -0.0211. The zero-order chi connectivity index (χ0) is 12.0. The van der Waals surface area contributed by atoms with Gasteiger partial charge in [-0.15, -0.1) is 0 Å². The standard InChI is InChI=1S/C11H12ClN3O/c1-14-11(16)4-5-15-9-3-2-8(7-13)10(12)6-9/h2-3,6,15H,4-5H2,1H3,(H,14,16). The van der Waals surface area contributed by atoms with Crippen LogP contribution in [0.5, 0.6) is 0 Å². The number of carbonyl (C=O) groups is 1. The third-order valence-corrected chi connectivity index (χ3v) is 2.36. The highest BCUT2D eigenvalue weighted by molar-refractivity contribution is 6.32. The number of nitrogens with one attached hydrogen (secondary N) is 2. The number of halogens is 1. The summed E-state index contributed by atoms with van der Waals surface area (Å²) in [7, 11) is 1.60. The number of nitrogens with zero attached hydrogens (tertiary/aromatic N) is 1. The Morgan fingerprint density at radius 1 is 1.56 bits per heavy atom. The van der Waals surface area contributed by atoms with Gasteiger partial charge in [0.2, 0.25) is 5.91 Å². The number of amides is 1. The Labute approximate surface area is 99.2 Å². The molecular weight excluding hydrogens is 226 g/mol. The third kappa shape index (κ3) is 3.44. The van der Waals surface area contributed by atoms with Crippen molar-refractivity contribution in [1.82, 2.24) is 5.32 Å². The molecule has 0 aliphatic carbocycles. The quantitative estimate of drug-likeness (QED) is 0.839. The van der Waals surface area contributed by atoms with Crippen molar-refractivity contribution < 1.29 is 4.79 Å². The van der Waals surface area contributed by atoms with Crippen molar-refractivity contribution >= 4 is 23.2 Å². The Hall–Kier alpha value is -1.73. The molecule has 0 radical (unpaired) electrons. The summed E-state index contributed by atoms with van der Waals surface area (Å²) in [5, 5.41) is 14.7. The second kappa shape index (κ2) is 5.99. The Morgan fingerprint density at radius 2 is 2.31 bits per heavy atom. The molecule has 0 fully saturated rings. The maximum Gasteiger partial charge on any atom is 0.221 e. The molecule has 84 valence electrons. The van der Waals surface area contributed by atoms with Crippen molar-refractivity contribution in [3.05, 3.63) is 28.8 Å². The highest BCUT2D eigenvalue weighted by atomic mass is 35.5. The molecule has 2 N–H and O–H groups in total.